The molecule has 0 spiro atoms. The van der Waals surface area contributed by atoms with Crippen molar-refractivity contribution in [3.63, 3.8) is 0 Å². The average molecular weight is 247 g/mol. The van der Waals surface area contributed by atoms with Crippen LogP contribution in [0.4, 0.5) is 0 Å². The fourth-order valence-corrected chi connectivity index (χ4v) is 2.83. The van der Waals surface area contributed by atoms with Crippen molar-refractivity contribution < 1.29 is 4.74 Å². The van der Waals surface area contributed by atoms with Crippen molar-refractivity contribution in [3.8, 4) is 5.75 Å². The molecule has 1 aliphatic carbocycles. The van der Waals surface area contributed by atoms with Gasteiger partial charge in [-0.2, -0.15) is 0 Å². The molecule has 1 aromatic carbocycles. The minimum atomic E-state index is 0.0334. The summed E-state index contributed by atoms with van der Waals surface area (Å²) in [5, 5.41) is 0. The average Bonchev–Trinajstić information content (AvgIpc) is 2.76. The van der Waals surface area contributed by atoms with Crippen LogP contribution in [0.5, 0.6) is 5.75 Å². The van der Waals surface area contributed by atoms with Gasteiger partial charge in [0.1, 0.15) is 5.75 Å². The summed E-state index contributed by atoms with van der Waals surface area (Å²) < 4.78 is 6.00. The lowest BCUT2D eigenvalue weighted by Crippen LogP contribution is -2.37. The summed E-state index contributed by atoms with van der Waals surface area (Å²) in [6.45, 7) is 7.10. The second-order valence-electron chi connectivity index (χ2n) is 5.82. The first kappa shape index (κ1) is 13.4. The van der Waals surface area contributed by atoms with E-state index in [9.17, 15) is 0 Å². The standard InChI is InChI=1S/C16H25NO/c1-12-6-7-13(2)15(14(12)3)18-11-10-16(17)8-4-5-9-16/h6-7H,4-5,8-11,17H2,1-3H3. The van der Waals surface area contributed by atoms with Gasteiger partial charge in [-0.1, -0.05) is 25.0 Å². The van der Waals surface area contributed by atoms with E-state index in [1.54, 1.807) is 0 Å². The van der Waals surface area contributed by atoms with Crippen LogP contribution in [-0.2, 0) is 0 Å². The van der Waals surface area contributed by atoms with Gasteiger partial charge in [0.15, 0.2) is 0 Å². The smallest absolute Gasteiger partial charge is 0.125 e. The van der Waals surface area contributed by atoms with Gasteiger partial charge in [-0.25, -0.2) is 0 Å². The highest BCUT2D eigenvalue weighted by Gasteiger charge is 2.28. The Morgan fingerprint density at radius 1 is 1.11 bits per heavy atom. The van der Waals surface area contributed by atoms with Crippen molar-refractivity contribution >= 4 is 0 Å². The molecule has 0 unspecified atom stereocenters. The van der Waals surface area contributed by atoms with Gasteiger partial charge in [0.05, 0.1) is 6.61 Å². The first-order valence-electron chi connectivity index (χ1n) is 7.00. The van der Waals surface area contributed by atoms with E-state index >= 15 is 0 Å². The summed E-state index contributed by atoms with van der Waals surface area (Å²) >= 11 is 0. The molecule has 0 aliphatic heterocycles. The lowest BCUT2D eigenvalue weighted by Gasteiger charge is -2.24. The Hall–Kier alpha value is -1.02. The molecular weight excluding hydrogens is 222 g/mol. The highest BCUT2D eigenvalue weighted by molar-refractivity contribution is 5.44. The molecule has 2 heteroatoms. The van der Waals surface area contributed by atoms with Crippen molar-refractivity contribution in [2.75, 3.05) is 6.61 Å². The Kier molecular flexibility index (Phi) is 3.96. The summed E-state index contributed by atoms with van der Waals surface area (Å²) in [6.07, 6.45) is 5.84. The van der Waals surface area contributed by atoms with Crippen molar-refractivity contribution in [1.29, 1.82) is 0 Å². The molecule has 1 fully saturated rings. The van der Waals surface area contributed by atoms with Crippen LogP contribution in [0.1, 0.15) is 48.8 Å². The van der Waals surface area contributed by atoms with Crippen LogP contribution in [0, 0.1) is 20.8 Å². The molecule has 0 radical (unpaired) electrons. The van der Waals surface area contributed by atoms with Crippen LogP contribution in [0.15, 0.2) is 12.1 Å². The third kappa shape index (κ3) is 2.86. The largest absolute Gasteiger partial charge is 0.493 e. The molecule has 1 aromatic rings. The van der Waals surface area contributed by atoms with E-state index in [4.69, 9.17) is 10.5 Å². The van der Waals surface area contributed by atoms with Gasteiger partial charge in [-0.15, -0.1) is 0 Å². The quantitative estimate of drug-likeness (QED) is 0.881. The SMILES string of the molecule is Cc1ccc(C)c(OCCC2(N)CCCC2)c1C. The van der Waals surface area contributed by atoms with Gasteiger partial charge in [-0.3, -0.25) is 0 Å². The Morgan fingerprint density at radius 3 is 2.39 bits per heavy atom. The van der Waals surface area contributed by atoms with Crippen LogP contribution in [0.3, 0.4) is 0 Å². The van der Waals surface area contributed by atoms with Crippen LogP contribution < -0.4 is 10.5 Å². The molecule has 1 saturated carbocycles. The maximum absolute atomic E-state index is 6.35. The van der Waals surface area contributed by atoms with E-state index in [0.717, 1.165) is 31.6 Å². The molecule has 0 heterocycles. The molecule has 0 aromatic heterocycles. The normalized spacial score (nSPS) is 18.0. The van der Waals surface area contributed by atoms with Gasteiger partial charge in [0, 0.05) is 5.54 Å². The summed E-state index contributed by atoms with van der Waals surface area (Å²) in [6, 6.07) is 4.28. The predicted octanol–water partition coefficient (Wildman–Crippen LogP) is 3.65. The zero-order valence-electron chi connectivity index (χ0n) is 11.9. The minimum absolute atomic E-state index is 0.0334. The number of benzene rings is 1. The lowest BCUT2D eigenvalue weighted by molar-refractivity contribution is 0.256. The number of nitrogens with two attached hydrogens (primary N) is 1. The van der Waals surface area contributed by atoms with Gasteiger partial charge >= 0.3 is 0 Å². The Labute approximate surface area is 111 Å². The van der Waals surface area contributed by atoms with E-state index in [1.165, 1.54) is 29.5 Å². The third-order valence-corrected chi connectivity index (χ3v) is 4.32. The van der Waals surface area contributed by atoms with Crippen molar-refractivity contribution in [1.82, 2.24) is 0 Å². The number of rotatable bonds is 4. The van der Waals surface area contributed by atoms with Gasteiger partial charge in [0.25, 0.3) is 0 Å². The highest BCUT2D eigenvalue weighted by Crippen LogP contribution is 2.31. The van der Waals surface area contributed by atoms with E-state index < -0.39 is 0 Å². The van der Waals surface area contributed by atoms with E-state index in [0.29, 0.717) is 0 Å². The van der Waals surface area contributed by atoms with Crippen molar-refractivity contribution in [2.45, 2.75) is 58.4 Å². The van der Waals surface area contributed by atoms with Crippen LogP contribution in [-0.4, -0.2) is 12.1 Å². The highest BCUT2D eigenvalue weighted by atomic mass is 16.5. The van der Waals surface area contributed by atoms with E-state index in [1.807, 2.05) is 0 Å². The molecule has 0 atom stereocenters. The minimum Gasteiger partial charge on any atom is -0.493 e. The molecular formula is C16H25NO. The first-order valence-corrected chi connectivity index (χ1v) is 7.00. The molecule has 100 valence electrons. The molecule has 2 N–H and O–H groups in total. The Bertz CT molecular complexity index is 419. The van der Waals surface area contributed by atoms with E-state index in [2.05, 4.69) is 32.9 Å². The Balaban J connectivity index is 1.96. The van der Waals surface area contributed by atoms with Crippen molar-refractivity contribution in [2.24, 2.45) is 5.73 Å². The predicted molar refractivity (Wildman–Crippen MR) is 76.2 cm³/mol. The first-order chi connectivity index (χ1) is 8.52. The molecule has 0 bridgehead atoms. The van der Waals surface area contributed by atoms with Crippen LogP contribution >= 0.6 is 0 Å². The lowest BCUT2D eigenvalue weighted by atomic mass is 9.95. The molecule has 0 saturated heterocycles. The van der Waals surface area contributed by atoms with Gasteiger partial charge in [-0.05, 0) is 56.7 Å². The monoisotopic (exact) mass is 247 g/mol. The summed E-state index contributed by atoms with van der Waals surface area (Å²) in [7, 11) is 0. The fraction of sp³-hybridized carbons (Fsp3) is 0.625. The number of hydrogen-bond donors (Lipinski definition) is 1. The zero-order valence-corrected chi connectivity index (χ0v) is 11.9. The number of ether oxygens (including phenoxy) is 1. The second-order valence-corrected chi connectivity index (χ2v) is 5.82. The van der Waals surface area contributed by atoms with E-state index in [-0.39, 0.29) is 5.54 Å². The third-order valence-electron chi connectivity index (χ3n) is 4.32. The fourth-order valence-electron chi connectivity index (χ4n) is 2.83. The molecule has 1 aliphatic rings. The summed E-state index contributed by atoms with van der Waals surface area (Å²) in [5.74, 6) is 1.05. The molecule has 0 amide bonds. The molecule has 2 rings (SSSR count). The second kappa shape index (κ2) is 5.31. The molecule has 18 heavy (non-hydrogen) atoms. The molecule has 2 nitrogen and oxygen atoms in total. The zero-order chi connectivity index (χ0) is 13.2. The maximum atomic E-state index is 6.35. The Morgan fingerprint density at radius 2 is 1.72 bits per heavy atom. The van der Waals surface area contributed by atoms with Crippen LogP contribution in [0.2, 0.25) is 0 Å². The summed E-state index contributed by atoms with van der Waals surface area (Å²) in [5.41, 5.74) is 10.1. The van der Waals surface area contributed by atoms with Gasteiger partial charge < -0.3 is 10.5 Å². The van der Waals surface area contributed by atoms with Crippen LogP contribution in [0.25, 0.3) is 0 Å². The van der Waals surface area contributed by atoms with Gasteiger partial charge in [0.2, 0.25) is 0 Å². The number of aryl methyl sites for hydroxylation is 2. The summed E-state index contributed by atoms with van der Waals surface area (Å²) in [4.78, 5) is 0. The topological polar surface area (TPSA) is 35.2 Å². The van der Waals surface area contributed by atoms with Crippen molar-refractivity contribution in [3.05, 3.63) is 28.8 Å². The number of hydrogen-bond acceptors (Lipinski definition) is 2. The maximum Gasteiger partial charge on any atom is 0.125 e.